The number of oxime groups is 1. The quantitative estimate of drug-likeness (QED) is 0.515. The molecule has 19 heavy (non-hydrogen) atoms. The van der Waals surface area contributed by atoms with Gasteiger partial charge >= 0.3 is 0 Å². The van der Waals surface area contributed by atoms with Gasteiger partial charge in [0.05, 0.1) is 5.71 Å². The fourth-order valence-corrected chi connectivity index (χ4v) is 2.89. The Hall–Kier alpha value is -1.31. The topological polar surface area (TPSA) is 21.6 Å². The fraction of sp³-hybridized carbons (Fsp3) is 0.588. The summed E-state index contributed by atoms with van der Waals surface area (Å²) in [5, 5.41) is 4.11. The minimum atomic E-state index is 0.0861. The van der Waals surface area contributed by atoms with Crippen LogP contribution in [0.2, 0.25) is 0 Å². The molecule has 2 rings (SSSR count). The highest BCUT2D eigenvalue weighted by atomic mass is 16.7. The van der Waals surface area contributed by atoms with Crippen LogP contribution in [0.15, 0.2) is 42.1 Å². The zero-order chi connectivity index (χ0) is 14.3. The first kappa shape index (κ1) is 15.7. The van der Waals surface area contributed by atoms with Gasteiger partial charge in [0, 0.05) is 6.42 Å². The molecule has 2 atom stereocenters. The molecule has 0 aromatic rings. The Morgan fingerprint density at radius 1 is 1.47 bits per heavy atom. The molecule has 106 valence electrons. The van der Waals surface area contributed by atoms with Gasteiger partial charge in [-0.05, 0) is 52.4 Å². The van der Waals surface area contributed by atoms with E-state index in [1.807, 2.05) is 0 Å². The Balaban J connectivity index is 0.000000399. The highest BCUT2D eigenvalue weighted by Crippen LogP contribution is 2.44. The molecule has 0 aromatic carbocycles. The van der Waals surface area contributed by atoms with E-state index in [1.165, 1.54) is 37.0 Å². The predicted molar refractivity (Wildman–Crippen MR) is 83.3 cm³/mol. The maximum atomic E-state index is 5.63. The van der Waals surface area contributed by atoms with E-state index in [0.29, 0.717) is 0 Å². The molecule has 1 heterocycles. The molecule has 1 fully saturated rings. The molecule has 1 aliphatic carbocycles. The van der Waals surface area contributed by atoms with Crippen molar-refractivity contribution < 1.29 is 4.84 Å². The molecule has 0 aromatic heterocycles. The maximum absolute atomic E-state index is 5.63. The average Bonchev–Trinajstić information content (AvgIpc) is 2.97. The lowest BCUT2D eigenvalue weighted by atomic mass is 9.92. The van der Waals surface area contributed by atoms with Crippen molar-refractivity contribution in [3.8, 4) is 0 Å². The van der Waals surface area contributed by atoms with E-state index < -0.39 is 0 Å². The lowest BCUT2D eigenvalue weighted by Gasteiger charge is -2.20. The molecule has 1 saturated carbocycles. The van der Waals surface area contributed by atoms with Crippen LogP contribution in [0.4, 0.5) is 0 Å². The molecule has 0 saturated heterocycles. The third-order valence-corrected chi connectivity index (χ3v) is 3.91. The minimum absolute atomic E-state index is 0.0861. The van der Waals surface area contributed by atoms with Gasteiger partial charge in [-0.3, -0.25) is 0 Å². The van der Waals surface area contributed by atoms with Gasteiger partial charge in [0.25, 0.3) is 0 Å². The lowest BCUT2D eigenvalue weighted by Crippen LogP contribution is -2.24. The summed E-state index contributed by atoms with van der Waals surface area (Å²) in [5.74, 6) is 0.808. The van der Waals surface area contributed by atoms with Crippen molar-refractivity contribution in [2.75, 3.05) is 0 Å². The zero-order valence-corrected chi connectivity index (χ0v) is 12.6. The van der Waals surface area contributed by atoms with E-state index in [4.69, 9.17) is 4.84 Å². The van der Waals surface area contributed by atoms with Gasteiger partial charge in [0.15, 0.2) is 0 Å². The molecule has 0 radical (unpaired) electrons. The summed E-state index contributed by atoms with van der Waals surface area (Å²) in [4.78, 5) is 5.63. The molecule has 1 aliphatic heterocycles. The molecule has 2 nitrogen and oxygen atoms in total. The molecule has 2 heteroatoms. The Bertz CT molecular complexity index is 375. The monoisotopic (exact) mass is 261 g/mol. The van der Waals surface area contributed by atoms with Crippen LogP contribution in [0.3, 0.4) is 0 Å². The van der Waals surface area contributed by atoms with E-state index in [9.17, 15) is 0 Å². The van der Waals surface area contributed by atoms with Gasteiger partial charge in [0.1, 0.15) is 5.60 Å². The number of hydrogen-bond acceptors (Lipinski definition) is 2. The Morgan fingerprint density at radius 2 is 2.16 bits per heavy atom. The first-order valence-corrected chi connectivity index (χ1v) is 7.12. The van der Waals surface area contributed by atoms with Crippen molar-refractivity contribution >= 4 is 5.71 Å². The van der Waals surface area contributed by atoms with Crippen molar-refractivity contribution in [1.29, 1.82) is 0 Å². The second kappa shape index (κ2) is 7.32. The van der Waals surface area contributed by atoms with Crippen LogP contribution in [0.1, 0.15) is 52.9 Å². The van der Waals surface area contributed by atoms with Gasteiger partial charge in [-0.2, -0.15) is 0 Å². The molecule has 0 bridgehead atoms. The van der Waals surface area contributed by atoms with E-state index in [-0.39, 0.29) is 5.60 Å². The maximum Gasteiger partial charge on any atom is 0.143 e. The lowest BCUT2D eigenvalue weighted by molar-refractivity contribution is -0.0157. The number of nitrogens with zero attached hydrogens (tertiary/aromatic N) is 1. The molecular formula is C17H27NO. The normalized spacial score (nSPS) is 29.3. The summed E-state index contributed by atoms with van der Waals surface area (Å²) in [7, 11) is 0. The van der Waals surface area contributed by atoms with Crippen LogP contribution in [0.25, 0.3) is 0 Å². The highest BCUT2D eigenvalue weighted by Gasteiger charge is 2.44. The highest BCUT2D eigenvalue weighted by molar-refractivity contribution is 5.83. The van der Waals surface area contributed by atoms with Crippen molar-refractivity contribution in [3.63, 3.8) is 0 Å². The van der Waals surface area contributed by atoms with Gasteiger partial charge in [0.2, 0.25) is 0 Å². The van der Waals surface area contributed by atoms with Crippen LogP contribution in [-0.2, 0) is 4.84 Å². The Kier molecular flexibility index (Phi) is 6.07. The third kappa shape index (κ3) is 4.70. The number of allylic oxidation sites excluding steroid dienone is 4. The number of hydrogen-bond donors (Lipinski definition) is 0. The van der Waals surface area contributed by atoms with Gasteiger partial charge in [-0.1, -0.05) is 42.1 Å². The zero-order valence-electron chi connectivity index (χ0n) is 12.6. The largest absolute Gasteiger partial charge is 0.389 e. The van der Waals surface area contributed by atoms with E-state index in [2.05, 4.69) is 45.2 Å². The summed E-state index contributed by atoms with van der Waals surface area (Å²) >= 11 is 0. The first-order chi connectivity index (χ1) is 9.05. The van der Waals surface area contributed by atoms with E-state index in [0.717, 1.165) is 12.3 Å². The summed E-state index contributed by atoms with van der Waals surface area (Å²) in [6.07, 6.45) is 11.5. The summed E-state index contributed by atoms with van der Waals surface area (Å²) in [6, 6.07) is 0. The average molecular weight is 261 g/mol. The van der Waals surface area contributed by atoms with Crippen LogP contribution in [0, 0.1) is 5.92 Å². The van der Waals surface area contributed by atoms with Crippen LogP contribution >= 0.6 is 0 Å². The van der Waals surface area contributed by atoms with Crippen LogP contribution in [0.5, 0.6) is 0 Å². The number of rotatable bonds is 3. The van der Waals surface area contributed by atoms with E-state index >= 15 is 0 Å². The fourth-order valence-electron chi connectivity index (χ4n) is 2.89. The smallest absolute Gasteiger partial charge is 0.143 e. The molecule has 2 unspecified atom stereocenters. The predicted octanol–water partition coefficient (Wildman–Crippen LogP) is 5.04. The summed E-state index contributed by atoms with van der Waals surface area (Å²) in [5.41, 5.74) is 2.76. The van der Waals surface area contributed by atoms with Gasteiger partial charge in [-0.25, -0.2) is 0 Å². The summed E-state index contributed by atoms with van der Waals surface area (Å²) in [6.45, 7) is 13.1. The second-order valence-corrected chi connectivity index (χ2v) is 5.70. The molecule has 2 aliphatic rings. The third-order valence-electron chi connectivity index (χ3n) is 3.91. The molecular weight excluding hydrogens is 234 g/mol. The Labute approximate surface area is 117 Å². The standard InChI is InChI=1S/C13H21NO.C4H6/c1-4-10(2)7-12-5-6-13(9-12)8-11(3)14-15-13;1-3-4-2/h4,12H,5-9H2,1-3H3;3-4H,1-2H2/b10-4+;. The summed E-state index contributed by atoms with van der Waals surface area (Å²) < 4.78 is 0. The van der Waals surface area contributed by atoms with Gasteiger partial charge in [-0.15, -0.1) is 0 Å². The SMILES string of the molecule is C/C=C(\C)CC1CCC2(CC(C)=NO2)C1.C=CC=C. The van der Waals surface area contributed by atoms with Crippen molar-refractivity contribution in [2.45, 2.75) is 58.5 Å². The minimum Gasteiger partial charge on any atom is -0.389 e. The Morgan fingerprint density at radius 3 is 2.63 bits per heavy atom. The van der Waals surface area contributed by atoms with Gasteiger partial charge < -0.3 is 4.84 Å². The van der Waals surface area contributed by atoms with Crippen molar-refractivity contribution in [3.05, 3.63) is 37.0 Å². The van der Waals surface area contributed by atoms with Crippen LogP contribution in [-0.4, -0.2) is 11.3 Å². The van der Waals surface area contributed by atoms with Crippen LogP contribution < -0.4 is 0 Å². The molecule has 1 spiro atoms. The first-order valence-electron chi connectivity index (χ1n) is 7.12. The molecule has 0 N–H and O–H groups in total. The van der Waals surface area contributed by atoms with E-state index in [1.54, 1.807) is 12.2 Å². The molecule has 0 amide bonds. The second-order valence-electron chi connectivity index (χ2n) is 5.70. The van der Waals surface area contributed by atoms with Crippen molar-refractivity contribution in [2.24, 2.45) is 11.1 Å². The van der Waals surface area contributed by atoms with Crippen molar-refractivity contribution in [1.82, 2.24) is 0 Å².